The summed E-state index contributed by atoms with van der Waals surface area (Å²) in [4.78, 5) is 15.7. The summed E-state index contributed by atoms with van der Waals surface area (Å²) in [5.41, 5.74) is 0.739. The van der Waals surface area contributed by atoms with Crippen LogP contribution < -0.4 is 0 Å². The Bertz CT molecular complexity index is 1430. The first kappa shape index (κ1) is 28.4. The van der Waals surface area contributed by atoms with Crippen molar-refractivity contribution in [2.45, 2.75) is 46.4 Å². The number of ketones is 1. The van der Waals surface area contributed by atoms with Crippen LogP contribution in [0.2, 0.25) is 0 Å². The standard InChI is InChI=1S/C13H16N2O3S2.C11H12BrNO3S/c1-9-3-5-11(6-4-9)20(17,18)15-7-12-13(16,8-15)14-10(2)19-12;1-8-2-4-9(5-3-8)17(15,16)13-6-10(12)11(14)7-13/h3-6,12,16H,7-8H2,1-2H3;2-5,10H,6-7H2,1H3. The molecule has 37 heavy (non-hydrogen) atoms. The number of nitrogens with zero attached hydrogens (tertiary/aromatic N) is 3. The molecule has 200 valence electrons. The van der Waals surface area contributed by atoms with Crippen molar-refractivity contribution < 1.29 is 26.7 Å². The van der Waals surface area contributed by atoms with Crippen LogP contribution in [0, 0.1) is 13.8 Å². The van der Waals surface area contributed by atoms with Gasteiger partial charge in [0.15, 0.2) is 11.5 Å². The van der Waals surface area contributed by atoms with Gasteiger partial charge >= 0.3 is 0 Å². The lowest BCUT2D eigenvalue weighted by molar-refractivity contribution is -0.116. The van der Waals surface area contributed by atoms with E-state index in [1.54, 1.807) is 48.5 Å². The fourth-order valence-electron chi connectivity index (χ4n) is 4.20. The summed E-state index contributed by atoms with van der Waals surface area (Å²) >= 11 is 4.61. The van der Waals surface area contributed by atoms with E-state index in [1.165, 1.54) is 20.4 Å². The van der Waals surface area contributed by atoms with Gasteiger partial charge in [0.25, 0.3) is 0 Å². The molecule has 2 aromatic rings. The molecular formula is C24H28BrN3O6S3. The van der Waals surface area contributed by atoms with Crippen LogP contribution in [0.5, 0.6) is 0 Å². The van der Waals surface area contributed by atoms with E-state index in [-0.39, 0.29) is 51.8 Å². The number of halogens is 1. The number of aliphatic imine (C=N–C) groups is 1. The molecule has 0 aliphatic carbocycles. The lowest BCUT2D eigenvalue weighted by Crippen LogP contribution is -2.36. The normalized spacial score (nSPS) is 26.5. The monoisotopic (exact) mass is 629 g/mol. The lowest BCUT2D eigenvalue weighted by Gasteiger charge is -2.18. The maximum Gasteiger partial charge on any atom is 0.243 e. The predicted octanol–water partition coefficient (Wildman–Crippen LogP) is 2.55. The van der Waals surface area contributed by atoms with E-state index in [2.05, 4.69) is 20.9 Å². The number of hydrogen-bond donors (Lipinski definition) is 1. The first-order valence-electron chi connectivity index (χ1n) is 11.5. The summed E-state index contributed by atoms with van der Waals surface area (Å²) in [6.45, 7) is 6.11. The topological polar surface area (TPSA) is 124 Å². The first-order chi connectivity index (χ1) is 17.2. The van der Waals surface area contributed by atoms with Gasteiger partial charge in [0.1, 0.15) is 0 Å². The molecule has 2 saturated heterocycles. The number of β-amino-alcohol motifs (C(OH)–C–C–N with tert-alkyl or cyclic N) is 1. The third-order valence-electron chi connectivity index (χ3n) is 6.32. The number of rotatable bonds is 4. The zero-order chi connectivity index (χ0) is 27.2. The van der Waals surface area contributed by atoms with Gasteiger partial charge in [-0.1, -0.05) is 51.3 Å². The molecule has 3 aliphatic rings. The van der Waals surface area contributed by atoms with Crippen molar-refractivity contribution in [2.24, 2.45) is 4.99 Å². The largest absolute Gasteiger partial charge is 0.367 e. The van der Waals surface area contributed by atoms with Gasteiger partial charge in [-0.25, -0.2) is 21.8 Å². The summed E-state index contributed by atoms with van der Waals surface area (Å²) in [7, 11) is -7.10. The second kappa shape index (κ2) is 10.5. The molecule has 1 N–H and O–H groups in total. The van der Waals surface area contributed by atoms with E-state index in [1.807, 2.05) is 20.8 Å². The first-order valence-corrected chi connectivity index (χ1v) is 16.2. The van der Waals surface area contributed by atoms with E-state index in [0.29, 0.717) is 0 Å². The number of benzene rings is 2. The Balaban J connectivity index is 0.000000176. The van der Waals surface area contributed by atoms with Crippen molar-refractivity contribution in [1.29, 1.82) is 0 Å². The summed E-state index contributed by atoms with van der Waals surface area (Å²) in [5.74, 6) is -0.0966. The van der Waals surface area contributed by atoms with Gasteiger partial charge in [-0.2, -0.15) is 8.61 Å². The van der Waals surface area contributed by atoms with Gasteiger partial charge in [-0.05, 0) is 45.0 Å². The fourth-order valence-corrected chi connectivity index (χ4v) is 9.08. The van der Waals surface area contributed by atoms with Crippen LogP contribution in [0.25, 0.3) is 0 Å². The van der Waals surface area contributed by atoms with Crippen LogP contribution in [0.15, 0.2) is 63.3 Å². The van der Waals surface area contributed by atoms with E-state index >= 15 is 0 Å². The molecule has 13 heteroatoms. The summed E-state index contributed by atoms with van der Waals surface area (Å²) in [5, 5.41) is 11.0. The fraction of sp³-hybridized carbons (Fsp3) is 0.417. The molecule has 0 spiro atoms. The molecule has 3 atom stereocenters. The number of fused-ring (bicyclic) bond motifs is 1. The van der Waals surface area contributed by atoms with Gasteiger partial charge in [0, 0.05) is 13.1 Å². The highest BCUT2D eigenvalue weighted by atomic mass is 79.9. The Hall–Kier alpha value is -1.61. The predicted molar refractivity (Wildman–Crippen MR) is 147 cm³/mol. The van der Waals surface area contributed by atoms with Crippen molar-refractivity contribution in [3.05, 3.63) is 59.7 Å². The molecule has 0 aromatic heterocycles. The minimum absolute atomic E-state index is 0.0260. The van der Waals surface area contributed by atoms with Crippen molar-refractivity contribution in [1.82, 2.24) is 8.61 Å². The van der Waals surface area contributed by atoms with Crippen LogP contribution in [0.3, 0.4) is 0 Å². The number of carbonyl (C=O) groups is 1. The zero-order valence-corrected chi connectivity index (χ0v) is 24.6. The Kier molecular flexibility index (Phi) is 8.07. The molecule has 0 amide bonds. The summed E-state index contributed by atoms with van der Waals surface area (Å²) < 4.78 is 52.0. The minimum atomic E-state index is -3.56. The smallest absolute Gasteiger partial charge is 0.243 e. The molecule has 2 aromatic carbocycles. The number of carbonyl (C=O) groups excluding carboxylic acids is 1. The van der Waals surface area contributed by atoms with Crippen LogP contribution in [-0.2, 0) is 24.8 Å². The third-order valence-corrected chi connectivity index (χ3v) is 12.0. The maximum absolute atomic E-state index is 12.6. The van der Waals surface area contributed by atoms with E-state index in [9.17, 15) is 26.7 Å². The highest BCUT2D eigenvalue weighted by molar-refractivity contribution is 9.10. The average molecular weight is 631 g/mol. The van der Waals surface area contributed by atoms with Crippen molar-refractivity contribution in [3.63, 3.8) is 0 Å². The van der Waals surface area contributed by atoms with Gasteiger partial charge in [-0.15, -0.1) is 11.8 Å². The van der Waals surface area contributed by atoms with Crippen molar-refractivity contribution in [2.75, 3.05) is 26.2 Å². The number of sulfonamides is 2. The van der Waals surface area contributed by atoms with E-state index in [0.717, 1.165) is 16.2 Å². The van der Waals surface area contributed by atoms with Gasteiger partial charge < -0.3 is 5.11 Å². The Morgan fingerprint density at radius 3 is 1.81 bits per heavy atom. The average Bonchev–Trinajstić information content (AvgIpc) is 3.43. The number of aliphatic hydroxyl groups is 1. The molecule has 0 radical (unpaired) electrons. The van der Waals surface area contributed by atoms with E-state index < -0.39 is 25.8 Å². The molecule has 9 nitrogen and oxygen atoms in total. The zero-order valence-electron chi connectivity index (χ0n) is 20.5. The Labute approximate surface area is 230 Å². The molecule has 0 saturated carbocycles. The molecule has 3 aliphatic heterocycles. The summed E-state index contributed by atoms with van der Waals surface area (Å²) in [6.07, 6.45) is 0. The molecule has 5 rings (SSSR count). The van der Waals surface area contributed by atoms with Crippen molar-refractivity contribution in [3.8, 4) is 0 Å². The molecular weight excluding hydrogens is 602 g/mol. The lowest BCUT2D eigenvalue weighted by atomic mass is 10.2. The molecule has 2 fully saturated rings. The van der Waals surface area contributed by atoms with Gasteiger partial charge in [-0.3, -0.25) is 4.79 Å². The van der Waals surface area contributed by atoms with Crippen LogP contribution in [-0.4, -0.2) is 83.4 Å². The van der Waals surface area contributed by atoms with Gasteiger partial charge in [0.05, 0.1) is 38.0 Å². The molecule has 0 bridgehead atoms. The van der Waals surface area contributed by atoms with E-state index in [4.69, 9.17) is 0 Å². The highest BCUT2D eigenvalue weighted by Gasteiger charge is 2.52. The second-order valence-electron chi connectivity index (χ2n) is 9.27. The quantitative estimate of drug-likeness (QED) is 0.515. The van der Waals surface area contributed by atoms with Crippen LogP contribution in [0.4, 0.5) is 0 Å². The number of alkyl halides is 1. The number of hydrogen-bond acceptors (Lipinski definition) is 8. The highest BCUT2D eigenvalue weighted by Crippen LogP contribution is 2.41. The Morgan fingerprint density at radius 2 is 1.38 bits per heavy atom. The Morgan fingerprint density at radius 1 is 0.892 bits per heavy atom. The minimum Gasteiger partial charge on any atom is -0.367 e. The molecule has 3 heterocycles. The SMILES string of the molecule is CC1=NC2(O)CN(S(=O)(=O)c3ccc(C)cc3)CC2S1.Cc1ccc(S(=O)(=O)N2CC(=O)C(Br)C2)cc1. The maximum atomic E-state index is 12.6. The van der Waals surface area contributed by atoms with Crippen molar-refractivity contribution >= 4 is 58.6 Å². The van der Waals surface area contributed by atoms with Gasteiger partial charge in [0.2, 0.25) is 20.0 Å². The summed E-state index contributed by atoms with van der Waals surface area (Å²) in [6, 6.07) is 13.4. The second-order valence-corrected chi connectivity index (χ2v) is 15.6. The number of thioether (sulfide) groups is 1. The number of aryl methyl sites for hydroxylation is 2. The van der Waals surface area contributed by atoms with Crippen LogP contribution >= 0.6 is 27.7 Å². The third kappa shape index (κ3) is 5.87. The number of Topliss-reactive ketones (excluding diaryl/α,β-unsaturated/α-hetero) is 1. The molecule has 3 unspecified atom stereocenters. The van der Waals surface area contributed by atoms with Crippen LogP contribution in [0.1, 0.15) is 18.1 Å².